The molecule has 0 saturated carbocycles. The first-order valence-electron chi connectivity index (χ1n) is 8.36. The van der Waals surface area contributed by atoms with Gasteiger partial charge in [-0.05, 0) is 30.5 Å². The minimum atomic E-state index is -0.121. The van der Waals surface area contributed by atoms with E-state index < -0.39 is 0 Å². The third-order valence-corrected chi connectivity index (χ3v) is 3.75. The van der Waals surface area contributed by atoms with Crippen molar-refractivity contribution in [1.29, 1.82) is 0 Å². The van der Waals surface area contributed by atoms with Crippen molar-refractivity contribution in [3.8, 4) is 5.75 Å². The van der Waals surface area contributed by atoms with Gasteiger partial charge in [0, 0.05) is 19.4 Å². The molecule has 2 rings (SSSR count). The lowest BCUT2D eigenvalue weighted by atomic mass is 10.0. The van der Waals surface area contributed by atoms with Crippen LogP contribution in [-0.2, 0) is 6.54 Å². The van der Waals surface area contributed by atoms with Crippen LogP contribution in [0.2, 0.25) is 0 Å². The van der Waals surface area contributed by atoms with Crippen LogP contribution < -0.4 is 10.1 Å². The smallest absolute Gasteiger partial charge is 0.318 e. The molecular formula is C18H26N4O2. The summed E-state index contributed by atoms with van der Waals surface area (Å²) in [6.07, 6.45) is 5.23. The minimum Gasteiger partial charge on any atom is -0.494 e. The van der Waals surface area contributed by atoms with Crippen LogP contribution in [0.25, 0.3) is 0 Å². The van der Waals surface area contributed by atoms with Gasteiger partial charge in [-0.1, -0.05) is 26.0 Å². The quantitative estimate of drug-likeness (QED) is 0.778. The van der Waals surface area contributed by atoms with Gasteiger partial charge in [0.2, 0.25) is 0 Å². The van der Waals surface area contributed by atoms with Crippen molar-refractivity contribution in [2.45, 2.75) is 39.3 Å². The van der Waals surface area contributed by atoms with E-state index in [2.05, 4.69) is 29.1 Å². The number of carbonyl (C=O) groups excluding carboxylic acids is 1. The van der Waals surface area contributed by atoms with E-state index >= 15 is 0 Å². The number of benzene rings is 1. The number of nitrogens with zero attached hydrogens (tertiary/aromatic N) is 2. The van der Waals surface area contributed by atoms with Crippen LogP contribution in [0.5, 0.6) is 5.75 Å². The first kappa shape index (κ1) is 17.8. The van der Waals surface area contributed by atoms with Crippen LogP contribution in [0.3, 0.4) is 0 Å². The Hall–Kier alpha value is -2.50. The Balaban J connectivity index is 1.93. The first-order chi connectivity index (χ1) is 11.6. The van der Waals surface area contributed by atoms with E-state index in [4.69, 9.17) is 4.74 Å². The van der Waals surface area contributed by atoms with E-state index in [1.165, 1.54) is 0 Å². The molecule has 1 aromatic carbocycles. The summed E-state index contributed by atoms with van der Waals surface area (Å²) < 4.78 is 5.60. The highest BCUT2D eigenvalue weighted by Crippen LogP contribution is 2.20. The Bertz CT molecular complexity index is 610. The van der Waals surface area contributed by atoms with Gasteiger partial charge in [-0.15, -0.1) is 0 Å². The predicted octanol–water partition coefficient (Wildman–Crippen LogP) is 3.49. The summed E-state index contributed by atoms with van der Waals surface area (Å²) in [5.74, 6) is 1.62. The molecule has 24 heavy (non-hydrogen) atoms. The van der Waals surface area contributed by atoms with Crippen LogP contribution >= 0.6 is 0 Å². The second kappa shape index (κ2) is 8.96. The van der Waals surface area contributed by atoms with E-state index in [9.17, 15) is 4.79 Å². The van der Waals surface area contributed by atoms with Crippen LogP contribution in [0.4, 0.5) is 4.79 Å². The molecule has 1 aromatic heterocycles. The molecule has 0 fully saturated rings. The summed E-state index contributed by atoms with van der Waals surface area (Å²) in [6, 6.07) is 7.76. The van der Waals surface area contributed by atoms with E-state index in [1.54, 1.807) is 24.3 Å². The summed E-state index contributed by atoms with van der Waals surface area (Å²) in [5.41, 5.74) is 1.07. The minimum absolute atomic E-state index is 0.0308. The van der Waals surface area contributed by atoms with Crippen molar-refractivity contribution in [2.24, 2.45) is 0 Å². The van der Waals surface area contributed by atoms with Crippen molar-refractivity contribution in [1.82, 2.24) is 20.2 Å². The van der Waals surface area contributed by atoms with Gasteiger partial charge in [-0.2, -0.15) is 0 Å². The fraction of sp³-hybridized carbons (Fsp3) is 0.444. The van der Waals surface area contributed by atoms with Gasteiger partial charge in [0.15, 0.2) is 0 Å². The average molecular weight is 330 g/mol. The number of H-pyrrole nitrogens is 1. The monoisotopic (exact) mass is 330 g/mol. The molecule has 6 nitrogen and oxygen atoms in total. The number of rotatable bonds is 8. The van der Waals surface area contributed by atoms with Gasteiger partial charge >= 0.3 is 6.03 Å². The Morgan fingerprint density at radius 1 is 1.33 bits per heavy atom. The largest absolute Gasteiger partial charge is 0.494 e. The normalized spacial score (nSPS) is 11.8. The molecule has 0 aliphatic carbocycles. The van der Waals surface area contributed by atoms with Crippen LogP contribution in [-0.4, -0.2) is 34.6 Å². The van der Waals surface area contributed by atoms with E-state index in [0.29, 0.717) is 13.2 Å². The molecule has 0 spiro atoms. The zero-order chi connectivity index (χ0) is 17.4. The second-order valence-electron chi connectivity index (χ2n) is 5.72. The third-order valence-electron chi connectivity index (χ3n) is 3.75. The lowest BCUT2D eigenvalue weighted by Crippen LogP contribution is -2.39. The molecular weight excluding hydrogens is 304 g/mol. The summed E-state index contributed by atoms with van der Waals surface area (Å²) in [5, 5.41) is 3.06. The summed E-state index contributed by atoms with van der Waals surface area (Å²) in [6.45, 7) is 5.29. The average Bonchev–Trinajstić information content (AvgIpc) is 3.11. The van der Waals surface area contributed by atoms with Gasteiger partial charge in [0.25, 0.3) is 0 Å². The predicted molar refractivity (Wildman–Crippen MR) is 93.8 cm³/mol. The fourth-order valence-electron chi connectivity index (χ4n) is 2.38. The molecule has 6 heteroatoms. The molecule has 2 N–H and O–H groups in total. The number of amides is 2. The SMILES string of the molecule is CCCOc1ccc(C(CC)NC(=O)N(C)Cc2ncc[nH]2)cc1. The van der Waals surface area contributed by atoms with E-state index in [-0.39, 0.29) is 12.1 Å². The highest BCUT2D eigenvalue weighted by Gasteiger charge is 2.16. The maximum absolute atomic E-state index is 12.4. The van der Waals surface area contributed by atoms with Crippen molar-refractivity contribution < 1.29 is 9.53 Å². The molecule has 1 unspecified atom stereocenters. The summed E-state index contributed by atoms with van der Waals surface area (Å²) >= 11 is 0. The Morgan fingerprint density at radius 2 is 2.08 bits per heavy atom. The highest BCUT2D eigenvalue weighted by atomic mass is 16.5. The fourth-order valence-corrected chi connectivity index (χ4v) is 2.38. The summed E-state index contributed by atoms with van der Waals surface area (Å²) in [4.78, 5) is 21.1. The number of nitrogens with one attached hydrogen (secondary N) is 2. The van der Waals surface area contributed by atoms with Crippen molar-refractivity contribution in [3.63, 3.8) is 0 Å². The molecule has 1 atom stereocenters. The lowest BCUT2D eigenvalue weighted by molar-refractivity contribution is 0.201. The topological polar surface area (TPSA) is 70.2 Å². The zero-order valence-electron chi connectivity index (χ0n) is 14.6. The van der Waals surface area contributed by atoms with Crippen LogP contribution in [0, 0.1) is 0 Å². The van der Waals surface area contributed by atoms with Gasteiger partial charge < -0.3 is 19.9 Å². The van der Waals surface area contributed by atoms with Crippen molar-refractivity contribution in [2.75, 3.05) is 13.7 Å². The van der Waals surface area contributed by atoms with Crippen LogP contribution in [0.15, 0.2) is 36.7 Å². The number of aromatic amines is 1. The Labute approximate surface area is 143 Å². The molecule has 0 radical (unpaired) electrons. The molecule has 2 amide bonds. The number of aromatic nitrogens is 2. The number of hydrogen-bond acceptors (Lipinski definition) is 3. The molecule has 2 aromatic rings. The maximum Gasteiger partial charge on any atom is 0.318 e. The van der Waals surface area contributed by atoms with E-state index in [1.807, 2.05) is 24.3 Å². The second-order valence-corrected chi connectivity index (χ2v) is 5.72. The molecule has 0 aliphatic heterocycles. The van der Waals surface area contributed by atoms with E-state index in [0.717, 1.165) is 30.0 Å². The molecule has 0 bridgehead atoms. The van der Waals surface area contributed by atoms with Gasteiger partial charge in [0.1, 0.15) is 11.6 Å². The lowest BCUT2D eigenvalue weighted by Gasteiger charge is -2.23. The number of urea groups is 1. The number of ether oxygens (including phenoxy) is 1. The molecule has 0 saturated heterocycles. The number of carbonyl (C=O) groups is 1. The van der Waals surface area contributed by atoms with Gasteiger partial charge in [-0.25, -0.2) is 9.78 Å². The van der Waals surface area contributed by atoms with Gasteiger partial charge in [-0.3, -0.25) is 0 Å². The highest BCUT2D eigenvalue weighted by molar-refractivity contribution is 5.74. The zero-order valence-corrected chi connectivity index (χ0v) is 14.6. The summed E-state index contributed by atoms with van der Waals surface area (Å²) in [7, 11) is 1.76. The maximum atomic E-state index is 12.4. The molecule has 0 aliphatic rings. The van der Waals surface area contributed by atoms with Crippen molar-refractivity contribution in [3.05, 3.63) is 48.0 Å². The van der Waals surface area contributed by atoms with Crippen molar-refractivity contribution >= 4 is 6.03 Å². The third kappa shape index (κ3) is 5.01. The first-order valence-corrected chi connectivity index (χ1v) is 8.36. The van der Waals surface area contributed by atoms with Crippen LogP contribution in [0.1, 0.15) is 44.1 Å². The number of imidazole rings is 1. The molecule has 1 heterocycles. The van der Waals surface area contributed by atoms with Gasteiger partial charge in [0.05, 0.1) is 19.2 Å². The molecule has 130 valence electrons. The Kier molecular flexibility index (Phi) is 6.66. The number of hydrogen-bond donors (Lipinski definition) is 2. The standard InChI is InChI=1S/C18H26N4O2/c1-4-12-24-15-8-6-14(7-9-15)16(5-2)21-18(23)22(3)13-17-19-10-11-20-17/h6-11,16H,4-5,12-13H2,1-3H3,(H,19,20)(H,21,23). The Morgan fingerprint density at radius 3 is 2.67 bits per heavy atom.